The van der Waals surface area contributed by atoms with Crippen LogP contribution in [0.1, 0.15) is 19.3 Å². The van der Waals surface area contributed by atoms with E-state index in [-0.39, 0.29) is 24.3 Å². The molecule has 0 rings (SSSR count). The molecule has 0 bridgehead atoms. The van der Waals surface area contributed by atoms with Crippen molar-refractivity contribution in [1.82, 2.24) is 10.6 Å². The molecule has 0 aromatic carbocycles. The molecule has 0 aliphatic rings. The molecular formula is C11H21N3O2. The van der Waals surface area contributed by atoms with E-state index < -0.39 is 0 Å². The second-order valence-electron chi connectivity index (χ2n) is 3.50. The Morgan fingerprint density at radius 2 is 2.12 bits per heavy atom. The Morgan fingerprint density at radius 1 is 1.44 bits per heavy atom. The van der Waals surface area contributed by atoms with Gasteiger partial charge in [-0.15, -0.1) is 0 Å². The van der Waals surface area contributed by atoms with Crippen LogP contribution in [0, 0.1) is 0 Å². The van der Waals surface area contributed by atoms with Gasteiger partial charge in [0.1, 0.15) is 0 Å². The minimum absolute atomic E-state index is 0.00786. The van der Waals surface area contributed by atoms with Gasteiger partial charge in [0, 0.05) is 6.54 Å². The van der Waals surface area contributed by atoms with Crippen LogP contribution in [0.3, 0.4) is 0 Å². The first-order valence-corrected chi connectivity index (χ1v) is 5.46. The lowest BCUT2D eigenvalue weighted by Crippen LogP contribution is -2.33. The van der Waals surface area contributed by atoms with E-state index in [0.29, 0.717) is 6.54 Å². The lowest BCUT2D eigenvalue weighted by molar-refractivity contribution is -0.120. The molecule has 16 heavy (non-hydrogen) atoms. The second kappa shape index (κ2) is 9.06. The van der Waals surface area contributed by atoms with Crippen molar-refractivity contribution in [1.29, 1.82) is 0 Å². The van der Waals surface area contributed by atoms with Gasteiger partial charge >= 0.3 is 0 Å². The third-order valence-corrected chi connectivity index (χ3v) is 2.32. The molecule has 0 spiro atoms. The smallest absolute Gasteiger partial charge is 0.233 e. The van der Waals surface area contributed by atoms with Crippen molar-refractivity contribution >= 4 is 11.7 Å². The monoisotopic (exact) mass is 227 g/mol. The highest BCUT2D eigenvalue weighted by molar-refractivity contribution is 5.93. The van der Waals surface area contributed by atoms with Gasteiger partial charge in [0.05, 0.1) is 12.6 Å². The summed E-state index contributed by atoms with van der Waals surface area (Å²) in [5, 5.41) is 5.61. The van der Waals surface area contributed by atoms with E-state index in [2.05, 4.69) is 17.2 Å². The summed E-state index contributed by atoms with van der Waals surface area (Å²) in [6, 6.07) is -0.164. The van der Waals surface area contributed by atoms with Crippen LogP contribution in [0.15, 0.2) is 12.7 Å². The number of hydrogen-bond donors (Lipinski definition) is 3. The first-order chi connectivity index (χ1) is 7.65. The van der Waals surface area contributed by atoms with E-state index in [9.17, 15) is 9.59 Å². The van der Waals surface area contributed by atoms with Gasteiger partial charge in [0.25, 0.3) is 0 Å². The van der Waals surface area contributed by atoms with Crippen molar-refractivity contribution in [3.63, 3.8) is 0 Å². The van der Waals surface area contributed by atoms with Crippen LogP contribution in [-0.2, 0) is 9.59 Å². The lowest BCUT2D eigenvalue weighted by atomic mass is 10.1. The Bertz CT molecular complexity index is 241. The number of likely N-dealkylation sites (N-methyl/N-ethyl adjacent to an activating group) is 1. The number of unbranched alkanes of at least 4 members (excludes halogenated alkanes) is 1. The SMILES string of the molecule is C=CC(=O)C(CCCCNC(=O)CN)NC. The van der Waals surface area contributed by atoms with Crippen molar-refractivity contribution in [3.05, 3.63) is 12.7 Å². The van der Waals surface area contributed by atoms with Gasteiger partial charge in [-0.3, -0.25) is 9.59 Å². The molecule has 0 fully saturated rings. The zero-order valence-electron chi connectivity index (χ0n) is 9.79. The third kappa shape index (κ3) is 6.31. The Morgan fingerprint density at radius 3 is 2.62 bits per heavy atom. The summed E-state index contributed by atoms with van der Waals surface area (Å²) in [6.07, 6.45) is 3.79. The molecule has 0 saturated carbocycles. The molecule has 5 heteroatoms. The highest BCUT2D eigenvalue weighted by Gasteiger charge is 2.11. The van der Waals surface area contributed by atoms with Crippen LogP contribution in [0.4, 0.5) is 0 Å². The minimum atomic E-state index is -0.164. The summed E-state index contributed by atoms with van der Waals surface area (Å²) < 4.78 is 0. The summed E-state index contributed by atoms with van der Waals surface area (Å²) >= 11 is 0. The highest BCUT2D eigenvalue weighted by atomic mass is 16.1. The predicted octanol–water partition coefficient (Wildman–Crippen LogP) is -0.425. The summed E-state index contributed by atoms with van der Waals surface area (Å²) in [5.41, 5.74) is 5.14. The average molecular weight is 227 g/mol. The zero-order valence-corrected chi connectivity index (χ0v) is 9.79. The van der Waals surface area contributed by atoms with Crippen LogP contribution >= 0.6 is 0 Å². The van der Waals surface area contributed by atoms with Gasteiger partial charge in [0.2, 0.25) is 5.91 Å². The Balaban J connectivity index is 3.59. The van der Waals surface area contributed by atoms with E-state index in [1.54, 1.807) is 7.05 Å². The molecule has 0 aromatic rings. The standard InChI is InChI=1S/C11H21N3O2/c1-3-10(15)9(13-2)6-4-5-7-14-11(16)8-12/h3,9,13H,1,4-8,12H2,2H3,(H,14,16). The van der Waals surface area contributed by atoms with Crippen molar-refractivity contribution < 1.29 is 9.59 Å². The molecule has 1 amide bonds. The fraction of sp³-hybridized carbons (Fsp3) is 0.636. The fourth-order valence-corrected chi connectivity index (χ4v) is 1.34. The largest absolute Gasteiger partial charge is 0.355 e. The maximum Gasteiger partial charge on any atom is 0.233 e. The Labute approximate surface area is 96.5 Å². The highest BCUT2D eigenvalue weighted by Crippen LogP contribution is 2.01. The molecule has 5 nitrogen and oxygen atoms in total. The topological polar surface area (TPSA) is 84.2 Å². The number of amides is 1. The van der Waals surface area contributed by atoms with Crippen molar-refractivity contribution in [2.24, 2.45) is 5.73 Å². The average Bonchev–Trinajstić information content (AvgIpc) is 2.32. The summed E-state index contributed by atoms with van der Waals surface area (Å²) in [5.74, 6) is -0.138. The normalized spacial score (nSPS) is 11.9. The molecule has 0 aromatic heterocycles. The van der Waals surface area contributed by atoms with Gasteiger partial charge in [-0.1, -0.05) is 6.58 Å². The molecule has 0 heterocycles. The molecule has 0 aliphatic heterocycles. The first kappa shape index (κ1) is 14.8. The molecule has 1 atom stereocenters. The van der Waals surface area contributed by atoms with E-state index in [1.165, 1.54) is 6.08 Å². The molecule has 4 N–H and O–H groups in total. The quantitative estimate of drug-likeness (QED) is 0.369. The van der Waals surface area contributed by atoms with Gasteiger partial charge < -0.3 is 16.4 Å². The zero-order chi connectivity index (χ0) is 12.4. The van der Waals surface area contributed by atoms with Crippen molar-refractivity contribution in [2.75, 3.05) is 20.1 Å². The first-order valence-electron chi connectivity index (χ1n) is 5.46. The summed E-state index contributed by atoms with van der Waals surface area (Å²) in [6.45, 7) is 4.08. The van der Waals surface area contributed by atoms with Crippen molar-refractivity contribution in [3.8, 4) is 0 Å². The number of rotatable bonds is 9. The number of carbonyl (C=O) groups is 2. The number of ketones is 1. The maximum atomic E-state index is 11.3. The Hall–Kier alpha value is -1.20. The summed E-state index contributed by atoms with van der Waals surface area (Å²) in [7, 11) is 1.75. The van der Waals surface area contributed by atoms with Gasteiger partial charge in [0.15, 0.2) is 5.78 Å². The number of hydrogen-bond acceptors (Lipinski definition) is 4. The van der Waals surface area contributed by atoms with Crippen LogP contribution in [0.2, 0.25) is 0 Å². The van der Waals surface area contributed by atoms with Gasteiger partial charge in [-0.05, 0) is 32.4 Å². The molecule has 1 unspecified atom stereocenters. The van der Waals surface area contributed by atoms with E-state index in [0.717, 1.165) is 19.3 Å². The fourth-order valence-electron chi connectivity index (χ4n) is 1.34. The number of carbonyl (C=O) groups excluding carboxylic acids is 2. The van der Waals surface area contributed by atoms with Gasteiger partial charge in [-0.25, -0.2) is 0 Å². The van der Waals surface area contributed by atoms with E-state index in [4.69, 9.17) is 5.73 Å². The Kier molecular flexibility index (Phi) is 8.38. The minimum Gasteiger partial charge on any atom is -0.355 e. The predicted molar refractivity (Wildman–Crippen MR) is 64.0 cm³/mol. The third-order valence-electron chi connectivity index (χ3n) is 2.32. The van der Waals surface area contributed by atoms with Gasteiger partial charge in [-0.2, -0.15) is 0 Å². The van der Waals surface area contributed by atoms with Crippen LogP contribution in [0.5, 0.6) is 0 Å². The van der Waals surface area contributed by atoms with E-state index >= 15 is 0 Å². The van der Waals surface area contributed by atoms with Crippen LogP contribution < -0.4 is 16.4 Å². The van der Waals surface area contributed by atoms with E-state index in [1.807, 2.05) is 0 Å². The molecular weight excluding hydrogens is 206 g/mol. The molecule has 92 valence electrons. The van der Waals surface area contributed by atoms with Crippen molar-refractivity contribution in [2.45, 2.75) is 25.3 Å². The lowest BCUT2D eigenvalue weighted by Gasteiger charge is -2.12. The number of nitrogens with one attached hydrogen (secondary N) is 2. The molecule has 0 saturated heterocycles. The molecule has 0 radical (unpaired) electrons. The summed E-state index contributed by atoms with van der Waals surface area (Å²) in [4.78, 5) is 22.1. The molecule has 0 aliphatic carbocycles. The number of nitrogens with two attached hydrogens (primary N) is 1. The van der Waals surface area contributed by atoms with Crippen LogP contribution in [-0.4, -0.2) is 37.9 Å². The second-order valence-corrected chi connectivity index (χ2v) is 3.50. The van der Waals surface area contributed by atoms with Crippen LogP contribution in [0.25, 0.3) is 0 Å². The maximum absolute atomic E-state index is 11.3.